The van der Waals surface area contributed by atoms with Gasteiger partial charge in [0.05, 0.1) is 0 Å². The topological polar surface area (TPSA) is 58.0 Å². The molecule has 0 saturated heterocycles. The molecule has 1 heterocycles. The molecule has 1 aliphatic rings. The van der Waals surface area contributed by atoms with Crippen molar-refractivity contribution in [2.24, 2.45) is 5.11 Å². The highest BCUT2D eigenvalue weighted by Crippen LogP contribution is 2.34. The number of hydrogen-bond acceptors (Lipinski definition) is 2. The summed E-state index contributed by atoms with van der Waals surface area (Å²) in [6, 6.07) is 3.80. The highest BCUT2D eigenvalue weighted by molar-refractivity contribution is 5.39. The largest absolute Gasteiger partial charge is 0.493 e. The SMILES string of the molecule is [N-]=[N+]=NC1COc2ccc(F)cc21. The van der Waals surface area contributed by atoms with E-state index in [-0.39, 0.29) is 5.82 Å². The van der Waals surface area contributed by atoms with Crippen LogP contribution in [0.25, 0.3) is 10.4 Å². The van der Waals surface area contributed by atoms with Crippen LogP contribution in [-0.2, 0) is 0 Å². The van der Waals surface area contributed by atoms with Crippen LogP contribution >= 0.6 is 0 Å². The molecule has 0 amide bonds. The number of benzene rings is 1. The number of fused-ring (bicyclic) bond motifs is 1. The fraction of sp³-hybridized carbons (Fsp3) is 0.250. The van der Waals surface area contributed by atoms with Gasteiger partial charge in [0.15, 0.2) is 0 Å². The molecule has 0 bridgehead atoms. The van der Waals surface area contributed by atoms with E-state index < -0.39 is 6.04 Å². The van der Waals surface area contributed by atoms with Crippen LogP contribution < -0.4 is 4.74 Å². The molecule has 1 atom stereocenters. The number of ether oxygens (including phenoxy) is 1. The van der Waals surface area contributed by atoms with Gasteiger partial charge in [-0.1, -0.05) is 5.11 Å². The lowest BCUT2D eigenvalue weighted by Crippen LogP contribution is -1.95. The van der Waals surface area contributed by atoms with Crippen molar-refractivity contribution >= 4 is 0 Å². The van der Waals surface area contributed by atoms with Crippen LogP contribution in [0.2, 0.25) is 0 Å². The maximum absolute atomic E-state index is 12.8. The van der Waals surface area contributed by atoms with Crippen molar-refractivity contribution < 1.29 is 9.13 Å². The Morgan fingerprint density at radius 2 is 2.46 bits per heavy atom. The summed E-state index contributed by atoms with van der Waals surface area (Å²) in [6.45, 7) is 0.294. The quantitative estimate of drug-likeness (QED) is 0.371. The van der Waals surface area contributed by atoms with Gasteiger partial charge < -0.3 is 4.74 Å². The van der Waals surface area contributed by atoms with Crippen molar-refractivity contribution in [3.8, 4) is 5.75 Å². The third kappa shape index (κ3) is 1.29. The fourth-order valence-electron chi connectivity index (χ4n) is 1.33. The molecule has 0 saturated carbocycles. The first kappa shape index (κ1) is 7.89. The molecular formula is C8H6FN3O. The minimum absolute atomic E-state index is 0.294. The second kappa shape index (κ2) is 2.95. The number of rotatable bonds is 1. The molecule has 13 heavy (non-hydrogen) atoms. The fourth-order valence-corrected chi connectivity index (χ4v) is 1.33. The van der Waals surface area contributed by atoms with E-state index in [2.05, 4.69) is 10.0 Å². The van der Waals surface area contributed by atoms with E-state index in [9.17, 15) is 4.39 Å². The summed E-state index contributed by atoms with van der Waals surface area (Å²) >= 11 is 0. The second-order valence-corrected chi connectivity index (χ2v) is 2.71. The van der Waals surface area contributed by atoms with Crippen molar-refractivity contribution in [2.45, 2.75) is 6.04 Å². The van der Waals surface area contributed by atoms with Crippen molar-refractivity contribution in [1.82, 2.24) is 0 Å². The first-order valence-corrected chi connectivity index (χ1v) is 3.77. The number of nitrogens with zero attached hydrogens (tertiary/aromatic N) is 3. The smallest absolute Gasteiger partial charge is 0.123 e. The van der Waals surface area contributed by atoms with Gasteiger partial charge in [0.1, 0.15) is 24.2 Å². The van der Waals surface area contributed by atoms with E-state index in [1.165, 1.54) is 18.2 Å². The molecule has 2 rings (SSSR count). The summed E-state index contributed by atoms with van der Waals surface area (Å²) in [5.74, 6) is 0.251. The van der Waals surface area contributed by atoms with Gasteiger partial charge in [-0.05, 0) is 23.7 Å². The zero-order valence-electron chi connectivity index (χ0n) is 6.64. The molecule has 0 spiro atoms. The average molecular weight is 179 g/mol. The molecule has 0 aromatic heterocycles. The third-order valence-electron chi connectivity index (χ3n) is 1.92. The Labute approximate surface area is 73.6 Å². The lowest BCUT2D eigenvalue weighted by Gasteiger charge is -1.98. The minimum atomic E-state index is -0.393. The summed E-state index contributed by atoms with van der Waals surface area (Å²) in [5, 5.41) is 3.49. The first-order valence-electron chi connectivity index (χ1n) is 3.77. The molecule has 1 aliphatic heterocycles. The average Bonchev–Trinajstić information content (AvgIpc) is 2.49. The zero-order valence-corrected chi connectivity index (χ0v) is 6.64. The molecule has 1 aromatic rings. The van der Waals surface area contributed by atoms with Crippen LogP contribution in [0, 0.1) is 5.82 Å². The van der Waals surface area contributed by atoms with Crippen LogP contribution in [0.15, 0.2) is 23.3 Å². The van der Waals surface area contributed by atoms with E-state index in [1.807, 2.05) is 0 Å². The summed E-state index contributed by atoms with van der Waals surface area (Å²) < 4.78 is 18.0. The Hall–Kier alpha value is -1.74. The van der Waals surface area contributed by atoms with Gasteiger partial charge >= 0.3 is 0 Å². The summed E-state index contributed by atoms with van der Waals surface area (Å²) in [7, 11) is 0. The van der Waals surface area contributed by atoms with E-state index in [4.69, 9.17) is 10.3 Å². The third-order valence-corrected chi connectivity index (χ3v) is 1.92. The molecule has 4 nitrogen and oxygen atoms in total. The number of hydrogen-bond donors (Lipinski definition) is 0. The highest BCUT2D eigenvalue weighted by atomic mass is 19.1. The molecule has 1 unspecified atom stereocenters. The van der Waals surface area contributed by atoms with Gasteiger partial charge in [0, 0.05) is 10.5 Å². The van der Waals surface area contributed by atoms with Crippen LogP contribution in [0.4, 0.5) is 4.39 Å². The molecule has 0 fully saturated rings. The summed E-state index contributed by atoms with van der Waals surface area (Å²) in [5.41, 5.74) is 8.85. The van der Waals surface area contributed by atoms with Crippen LogP contribution in [0.3, 0.4) is 0 Å². The molecule has 0 N–H and O–H groups in total. The molecule has 0 radical (unpaired) electrons. The van der Waals surface area contributed by atoms with Gasteiger partial charge in [0.2, 0.25) is 0 Å². The van der Waals surface area contributed by atoms with Gasteiger partial charge in [-0.3, -0.25) is 0 Å². The normalized spacial score (nSPS) is 18.7. The van der Waals surface area contributed by atoms with Crippen LogP contribution in [0.5, 0.6) is 5.75 Å². The van der Waals surface area contributed by atoms with Gasteiger partial charge in [-0.25, -0.2) is 4.39 Å². The highest BCUT2D eigenvalue weighted by Gasteiger charge is 2.23. The molecule has 5 heteroatoms. The van der Waals surface area contributed by atoms with E-state index >= 15 is 0 Å². The maximum atomic E-state index is 12.8. The molecule has 0 aliphatic carbocycles. The number of azide groups is 1. The van der Waals surface area contributed by atoms with Crippen molar-refractivity contribution in [3.05, 3.63) is 40.0 Å². The number of halogens is 1. The Balaban J connectivity index is 2.45. The van der Waals surface area contributed by atoms with E-state index in [1.54, 1.807) is 0 Å². The minimum Gasteiger partial charge on any atom is -0.493 e. The predicted octanol–water partition coefficient (Wildman–Crippen LogP) is 2.57. The van der Waals surface area contributed by atoms with Crippen molar-refractivity contribution in [1.29, 1.82) is 0 Å². The van der Waals surface area contributed by atoms with Gasteiger partial charge in [-0.15, -0.1) is 0 Å². The van der Waals surface area contributed by atoms with Crippen LogP contribution in [-0.4, -0.2) is 6.61 Å². The Morgan fingerprint density at radius 1 is 1.62 bits per heavy atom. The summed E-state index contributed by atoms with van der Waals surface area (Å²) in [4.78, 5) is 2.67. The standard InChI is InChI=1S/C8H6FN3O/c9-5-1-2-8-6(3-5)7(4-13-8)11-12-10/h1-3,7H,4H2. The molecular weight excluding hydrogens is 173 g/mol. The lowest BCUT2D eigenvalue weighted by molar-refractivity contribution is 0.333. The first-order chi connectivity index (χ1) is 6.31. The maximum Gasteiger partial charge on any atom is 0.123 e. The van der Waals surface area contributed by atoms with E-state index in [0.717, 1.165) is 0 Å². The van der Waals surface area contributed by atoms with Crippen molar-refractivity contribution in [2.75, 3.05) is 6.61 Å². The zero-order chi connectivity index (χ0) is 9.26. The Kier molecular flexibility index (Phi) is 1.79. The lowest BCUT2D eigenvalue weighted by atomic mass is 10.1. The summed E-state index contributed by atoms with van der Waals surface area (Å²) in [6.07, 6.45) is 0. The monoisotopic (exact) mass is 179 g/mol. The van der Waals surface area contributed by atoms with Crippen molar-refractivity contribution in [3.63, 3.8) is 0 Å². The van der Waals surface area contributed by atoms with Gasteiger partial charge in [0.25, 0.3) is 0 Å². The molecule has 1 aromatic carbocycles. The van der Waals surface area contributed by atoms with Crippen LogP contribution in [0.1, 0.15) is 11.6 Å². The van der Waals surface area contributed by atoms with E-state index in [0.29, 0.717) is 17.9 Å². The molecule has 66 valence electrons. The Morgan fingerprint density at radius 3 is 3.23 bits per heavy atom. The predicted molar refractivity (Wildman–Crippen MR) is 43.8 cm³/mol. The second-order valence-electron chi connectivity index (χ2n) is 2.71. The Bertz CT molecular complexity index is 387. The van der Waals surface area contributed by atoms with Gasteiger partial charge in [-0.2, -0.15) is 0 Å².